The van der Waals surface area contributed by atoms with Gasteiger partial charge < -0.3 is 10.1 Å². The van der Waals surface area contributed by atoms with Gasteiger partial charge in [-0.2, -0.15) is 0 Å². The Kier molecular flexibility index (Phi) is 5.16. The van der Waals surface area contributed by atoms with E-state index in [1.165, 1.54) is 19.3 Å². The summed E-state index contributed by atoms with van der Waals surface area (Å²) in [4.78, 5) is 22.5. The van der Waals surface area contributed by atoms with Crippen molar-refractivity contribution < 1.29 is 14.3 Å². The summed E-state index contributed by atoms with van der Waals surface area (Å²) >= 11 is 0. The number of amides is 1. The van der Waals surface area contributed by atoms with Gasteiger partial charge in [0.25, 0.3) is 5.91 Å². The van der Waals surface area contributed by atoms with Gasteiger partial charge in [0.2, 0.25) is 0 Å². The minimum Gasteiger partial charge on any atom is -0.484 e. The van der Waals surface area contributed by atoms with Crippen molar-refractivity contribution in [2.45, 2.75) is 38.6 Å². The van der Waals surface area contributed by atoms with Gasteiger partial charge in [-0.05, 0) is 30.9 Å². The van der Waals surface area contributed by atoms with Gasteiger partial charge in [-0.1, -0.05) is 31.9 Å². The molecule has 0 radical (unpaired) electrons. The minimum absolute atomic E-state index is 0.00840. The van der Waals surface area contributed by atoms with Crippen molar-refractivity contribution in [1.82, 2.24) is 5.32 Å². The van der Waals surface area contributed by atoms with E-state index in [4.69, 9.17) is 4.74 Å². The van der Waals surface area contributed by atoms with Gasteiger partial charge in [0.05, 0.1) is 0 Å². The summed E-state index contributed by atoms with van der Waals surface area (Å²) in [5.74, 6) is 0.979. The van der Waals surface area contributed by atoms with Gasteiger partial charge in [0, 0.05) is 11.6 Å². The van der Waals surface area contributed by atoms with Crippen LogP contribution in [0.15, 0.2) is 24.3 Å². The lowest BCUT2D eigenvalue weighted by Crippen LogP contribution is -2.43. The fourth-order valence-electron chi connectivity index (χ4n) is 2.61. The molecule has 1 aliphatic carbocycles. The van der Waals surface area contributed by atoms with Crippen LogP contribution in [-0.4, -0.2) is 24.8 Å². The molecule has 0 aliphatic heterocycles. The van der Waals surface area contributed by atoms with Gasteiger partial charge in [0.1, 0.15) is 12.0 Å². The van der Waals surface area contributed by atoms with Crippen LogP contribution in [-0.2, 0) is 4.79 Å². The molecule has 20 heavy (non-hydrogen) atoms. The number of carbonyl (C=O) groups is 2. The van der Waals surface area contributed by atoms with Crippen molar-refractivity contribution in [3.8, 4) is 5.75 Å². The summed E-state index contributed by atoms with van der Waals surface area (Å²) in [6.07, 6.45) is 5.41. The molecule has 0 bridgehead atoms. The van der Waals surface area contributed by atoms with E-state index in [2.05, 4.69) is 12.2 Å². The Labute approximate surface area is 119 Å². The molecule has 0 unspecified atom stereocenters. The highest BCUT2D eigenvalue weighted by atomic mass is 16.5. The molecule has 108 valence electrons. The third-order valence-electron chi connectivity index (χ3n) is 3.82. The topological polar surface area (TPSA) is 55.4 Å². The Morgan fingerprint density at radius 3 is 2.95 bits per heavy atom. The zero-order valence-electron chi connectivity index (χ0n) is 11.8. The maximum Gasteiger partial charge on any atom is 0.258 e. The van der Waals surface area contributed by atoms with Crippen LogP contribution in [0.4, 0.5) is 0 Å². The lowest BCUT2D eigenvalue weighted by molar-refractivity contribution is -0.124. The smallest absolute Gasteiger partial charge is 0.258 e. The van der Waals surface area contributed by atoms with Gasteiger partial charge in [0.15, 0.2) is 6.61 Å². The lowest BCUT2D eigenvalue weighted by Gasteiger charge is -2.29. The molecule has 1 fully saturated rings. The first-order chi connectivity index (χ1) is 9.69. The van der Waals surface area contributed by atoms with Crippen LogP contribution < -0.4 is 10.1 Å². The molecule has 0 spiro atoms. The number of hydrogen-bond acceptors (Lipinski definition) is 3. The molecule has 1 N–H and O–H groups in total. The second-order valence-electron chi connectivity index (χ2n) is 5.41. The molecule has 0 saturated heterocycles. The highest BCUT2D eigenvalue weighted by molar-refractivity contribution is 5.78. The average Bonchev–Trinajstić information content (AvgIpc) is 2.48. The molecule has 1 aliphatic rings. The van der Waals surface area contributed by atoms with Crippen molar-refractivity contribution in [1.29, 1.82) is 0 Å². The van der Waals surface area contributed by atoms with Gasteiger partial charge in [-0.25, -0.2) is 0 Å². The lowest BCUT2D eigenvalue weighted by atomic mass is 9.86. The molecular formula is C16H21NO3. The number of nitrogens with one attached hydrogen (secondary N) is 1. The van der Waals surface area contributed by atoms with E-state index in [1.54, 1.807) is 24.3 Å². The maximum absolute atomic E-state index is 11.9. The Balaban J connectivity index is 1.80. The molecular weight excluding hydrogens is 254 g/mol. The van der Waals surface area contributed by atoms with E-state index in [1.807, 2.05) is 0 Å². The molecule has 0 aromatic heterocycles. The molecule has 1 aromatic rings. The Morgan fingerprint density at radius 2 is 2.20 bits per heavy atom. The summed E-state index contributed by atoms with van der Waals surface area (Å²) in [6.45, 7) is 2.17. The second-order valence-corrected chi connectivity index (χ2v) is 5.41. The van der Waals surface area contributed by atoms with E-state index >= 15 is 0 Å². The highest BCUT2D eigenvalue weighted by Crippen LogP contribution is 2.23. The van der Waals surface area contributed by atoms with E-state index in [0.29, 0.717) is 17.2 Å². The molecule has 1 saturated carbocycles. The highest BCUT2D eigenvalue weighted by Gasteiger charge is 2.22. The first kappa shape index (κ1) is 14.6. The fourth-order valence-corrected chi connectivity index (χ4v) is 2.61. The van der Waals surface area contributed by atoms with Crippen molar-refractivity contribution in [2.75, 3.05) is 6.61 Å². The van der Waals surface area contributed by atoms with Gasteiger partial charge >= 0.3 is 0 Å². The van der Waals surface area contributed by atoms with E-state index in [9.17, 15) is 9.59 Å². The summed E-state index contributed by atoms with van der Waals surface area (Å²) in [6, 6.07) is 7.07. The predicted molar refractivity (Wildman–Crippen MR) is 76.9 cm³/mol. The second kappa shape index (κ2) is 7.08. The van der Waals surface area contributed by atoms with Crippen LogP contribution in [0.5, 0.6) is 5.75 Å². The van der Waals surface area contributed by atoms with Crippen LogP contribution in [0.2, 0.25) is 0 Å². The van der Waals surface area contributed by atoms with E-state index < -0.39 is 0 Å². The van der Waals surface area contributed by atoms with Crippen LogP contribution in [0.25, 0.3) is 0 Å². The summed E-state index contributed by atoms with van der Waals surface area (Å²) < 4.78 is 5.42. The largest absolute Gasteiger partial charge is 0.484 e. The zero-order valence-corrected chi connectivity index (χ0v) is 11.8. The van der Waals surface area contributed by atoms with E-state index in [-0.39, 0.29) is 18.6 Å². The van der Waals surface area contributed by atoms with Crippen LogP contribution in [0, 0.1) is 5.92 Å². The molecule has 4 nitrogen and oxygen atoms in total. The predicted octanol–water partition coefficient (Wildman–Crippen LogP) is 2.57. The molecule has 4 heteroatoms. The van der Waals surface area contributed by atoms with Crippen LogP contribution >= 0.6 is 0 Å². The number of hydrogen-bond donors (Lipinski definition) is 1. The molecule has 1 aromatic carbocycles. The monoisotopic (exact) mass is 275 g/mol. The van der Waals surface area contributed by atoms with Crippen LogP contribution in [0.1, 0.15) is 43.0 Å². The maximum atomic E-state index is 11.9. The van der Waals surface area contributed by atoms with Crippen molar-refractivity contribution >= 4 is 12.2 Å². The van der Waals surface area contributed by atoms with Gasteiger partial charge in [-0.3, -0.25) is 9.59 Å². The van der Waals surface area contributed by atoms with Crippen molar-refractivity contribution in [3.63, 3.8) is 0 Å². The fraction of sp³-hybridized carbons (Fsp3) is 0.500. The molecule has 2 rings (SSSR count). The first-order valence-corrected chi connectivity index (χ1v) is 7.16. The Morgan fingerprint density at radius 1 is 1.40 bits per heavy atom. The quantitative estimate of drug-likeness (QED) is 0.840. The minimum atomic E-state index is -0.0970. The third kappa shape index (κ3) is 4.08. The molecule has 0 heterocycles. The normalized spacial score (nSPS) is 22.1. The Hall–Kier alpha value is -1.84. The summed E-state index contributed by atoms with van der Waals surface area (Å²) in [5, 5.41) is 3.03. The van der Waals surface area contributed by atoms with Crippen molar-refractivity contribution in [2.24, 2.45) is 5.92 Å². The number of ether oxygens (including phenoxy) is 1. The average molecular weight is 275 g/mol. The first-order valence-electron chi connectivity index (χ1n) is 7.16. The number of aldehydes is 1. The van der Waals surface area contributed by atoms with Crippen LogP contribution in [0.3, 0.4) is 0 Å². The van der Waals surface area contributed by atoms with Gasteiger partial charge in [-0.15, -0.1) is 0 Å². The zero-order chi connectivity index (χ0) is 14.4. The molecule has 2 atom stereocenters. The standard InChI is InChI=1S/C16H21NO3/c1-12-5-2-3-8-15(12)17-16(19)11-20-14-7-4-6-13(9-14)10-18/h4,6-7,9-10,12,15H,2-3,5,8,11H2,1H3,(H,17,19)/t12-,15+/m0/s1. The summed E-state index contributed by atoms with van der Waals surface area (Å²) in [7, 11) is 0. The summed E-state index contributed by atoms with van der Waals surface area (Å²) in [5.41, 5.74) is 0.545. The number of rotatable bonds is 5. The SMILES string of the molecule is C[C@H]1CCCC[C@H]1NC(=O)COc1cccc(C=O)c1. The molecule has 1 amide bonds. The van der Waals surface area contributed by atoms with E-state index in [0.717, 1.165) is 12.7 Å². The number of carbonyl (C=O) groups excluding carboxylic acids is 2. The Bertz CT molecular complexity index is 473. The van der Waals surface area contributed by atoms with Crippen molar-refractivity contribution in [3.05, 3.63) is 29.8 Å². The number of benzene rings is 1. The third-order valence-corrected chi connectivity index (χ3v) is 3.82.